The molecule has 4 aliphatic carbocycles. The van der Waals surface area contributed by atoms with E-state index < -0.39 is 11.9 Å². The van der Waals surface area contributed by atoms with E-state index >= 15 is 0 Å². The Morgan fingerprint density at radius 1 is 1.11 bits per heavy atom. The average molecular weight is 261 g/mol. The molecular formula is C15H19NO3. The van der Waals surface area contributed by atoms with Crippen molar-refractivity contribution in [1.82, 2.24) is 4.90 Å². The molecule has 4 aliphatic rings. The van der Waals surface area contributed by atoms with E-state index in [1.807, 2.05) is 0 Å². The van der Waals surface area contributed by atoms with Crippen molar-refractivity contribution in [1.29, 1.82) is 0 Å². The molecule has 1 N–H and O–H groups in total. The second-order valence-corrected chi connectivity index (χ2v) is 6.39. The van der Waals surface area contributed by atoms with Gasteiger partial charge in [-0.15, -0.1) is 6.42 Å². The molecule has 4 nitrogen and oxygen atoms in total. The Balaban J connectivity index is 1.84. The van der Waals surface area contributed by atoms with Gasteiger partial charge in [-0.1, -0.05) is 0 Å². The lowest BCUT2D eigenvalue weighted by atomic mass is 9.54. The molecular weight excluding hydrogens is 242 g/mol. The van der Waals surface area contributed by atoms with Gasteiger partial charge in [0, 0.05) is 6.04 Å². The number of hydrogen-bond donors (Lipinski definition) is 1. The van der Waals surface area contributed by atoms with Gasteiger partial charge in [-0.3, -0.25) is 9.59 Å². The maximum atomic E-state index is 11.9. The third-order valence-corrected chi connectivity index (χ3v) is 5.23. The second kappa shape index (κ2) is 4.56. The van der Waals surface area contributed by atoms with Crippen LogP contribution in [0.1, 0.15) is 32.1 Å². The summed E-state index contributed by atoms with van der Waals surface area (Å²) >= 11 is 0. The molecule has 0 unspecified atom stereocenters. The number of nitrogens with zero attached hydrogens (tertiary/aromatic N) is 1. The second-order valence-electron chi connectivity index (χ2n) is 6.39. The van der Waals surface area contributed by atoms with Crippen molar-refractivity contribution in [3.05, 3.63) is 0 Å². The van der Waals surface area contributed by atoms with E-state index in [1.165, 1.54) is 11.3 Å². The van der Waals surface area contributed by atoms with Gasteiger partial charge in [0.15, 0.2) is 0 Å². The number of carboxylic acids is 1. The van der Waals surface area contributed by atoms with Crippen molar-refractivity contribution in [2.24, 2.45) is 23.7 Å². The van der Waals surface area contributed by atoms with E-state index in [0.29, 0.717) is 11.8 Å². The van der Waals surface area contributed by atoms with Gasteiger partial charge in [-0.25, -0.2) is 0 Å². The van der Waals surface area contributed by atoms with E-state index in [2.05, 4.69) is 5.92 Å². The molecule has 102 valence electrons. The standard InChI is InChI=1S/C15H19NO3/c1-2-13(17)16(8-14(18)19)15-11-4-9-3-10(6-11)7-12(15)5-9/h1,9-12,15H,3-8H2,(H,18,19). The minimum Gasteiger partial charge on any atom is -0.480 e. The van der Waals surface area contributed by atoms with E-state index in [1.54, 1.807) is 0 Å². The molecule has 4 bridgehead atoms. The lowest BCUT2D eigenvalue weighted by Gasteiger charge is -2.56. The topological polar surface area (TPSA) is 57.6 Å². The Hall–Kier alpha value is -1.50. The number of aliphatic carboxylic acids is 1. The number of carbonyl (C=O) groups is 2. The largest absolute Gasteiger partial charge is 0.480 e. The van der Waals surface area contributed by atoms with Gasteiger partial charge >= 0.3 is 5.97 Å². The number of rotatable bonds is 3. The van der Waals surface area contributed by atoms with E-state index in [9.17, 15) is 9.59 Å². The number of carboxylic acid groups (broad SMARTS) is 1. The first-order valence-corrected chi connectivity index (χ1v) is 7.07. The quantitative estimate of drug-likeness (QED) is 0.780. The molecule has 4 heteroatoms. The van der Waals surface area contributed by atoms with E-state index in [4.69, 9.17) is 11.5 Å². The molecule has 4 fully saturated rings. The van der Waals surface area contributed by atoms with Gasteiger partial charge in [0.2, 0.25) is 0 Å². The van der Waals surface area contributed by atoms with Crippen molar-refractivity contribution in [3.8, 4) is 12.3 Å². The SMILES string of the molecule is C#CC(=O)N(CC(=O)O)C1C2CC3CC(C2)CC1C3. The zero-order chi connectivity index (χ0) is 13.6. The summed E-state index contributed by atoms with van der Waals surface area (Å²) in [5.41, 5.74) is 0. The van der Waals surface area contributed by atoms with Crippen LogP contribution in [0.2, 0.25) is 0 Å². The molecule has 4 saturated carbocycles. The summed E-state index contributed by atoms with van der Waals surface area (Å²) in [6, 6.07) is 0.0625. The zero-order valence-electron chi connectivity index (χ0n) is 10.9. The van der Waals surface area contributed by atoms with Crippen LogP contribution in [0, 0.1) is 36.0 Å². The third-order valence-electron chi connectivity index (χ3n) is 5.23. The van der Waals surface area contributed by atoms with Crippen LogP contribution in [0.3, 0.4) is 0 Å². The minimum absolute atomic E-state index is 0.0625. The summed E-state index contributed by atoms with van der Waals surface area (Å²) in [6.45, 7) is -0.254. The highest BCUT2D eigenvalue weighted by atomic mass is 16.4. The molecule has 0 aromatic carbocycles. The molecule has 0 aromatic heterocycles. The maximum absolute atomic E-state index is 11.9. The number of terminal acetylenes is 1. The number of amides is 1. The van der Waals surface area contributed by atoms with Crippen LogP contribution in [-0.4, -0.2) is 34.5 Å². The summed E-state index contributed by atoms with van der Waals surface area (Å²) < 4.78 is 0. The summed E-state index contributed by atoms with van der Waals surface area (Å²) in [5.74, 6) is 3.20. The normalized spacial score (nSPS) is 38.8. The molecule has 0 heterocycles. The molecule has 0 radical (unpaired) electrons. The fourth-order valence-electron chi connectivity index (χ4n) is 4.95. The number of carbonyl (C=O) groups excluding carboxylic acids is 1. The van der Waals surface area contributed by atoms with Gasteiger partial charge in [0.25, 0.3) is 5.91 Å². The smallest absolute Gasteiger partial charge is 0.323 e. The molecule has 0 aromatic rings. The van der Waals surface area contributed by atoms with Gasteiger partial charge in [0.1, 0.15) is 6.54 Å². The first-order chi connectivity index (χ1) is 9.08. The molecule has 4 rings (SSSR count). The molecule has 1 amide bonds. The maximum Gasteiger partial charge on any atom is 0.323 e. The Labute approximate surface area is 113 Å². The van der Waals surface area contributed by atoms with Gasteiger partial charge in [-0.05, 0) is 61.7 Å². The molecule has 0 saturated heterocycles. The molecule has 19 heavy (non-hydrogen) atoms. The van der Waals surface area contributed by atoms with Crippen molar-refractivity contribution in [2.45, 2.75) is 38.1 Å². The summed E-state index contributed by atoms with van der Waals surface area (Å²) in [5, 5.41) is 9.02. The van der Waals surface area contributed by atoms with Crippen LogP contribution in [0.4, 0.5) is 0 Å². The van der Waals surface area contributed by atoms with Crippen molar-refractivity contribution >= 4 is 11.9 Å². The average Bonchev–Trinajstić information content (AvgIpc) is 2.34. The fraction of sp³-hybridized carbons (Fsp3) is 0.733. The van der Waals surface area contributed by atoms with Crippen LogP contribution in [0.15, 0.2) is 0 Å². The molecule has 0 atom stereocenters. The lowest BCUT2D eigenvalue weighted by Crippen LogP contribution is -2.58. The van der Waals surface area contributed by atoms with Crippen molar-refractivity contribution in [2.75, 3.05) is 6.54 Å². The predicted octanol–water partition coefficient (Wildman–Crippen LogP) is 1.36. The van der Waals surface area contributed by atoms with E-state index in [-0.39, 0.29) is 12.6 Å². The fourth-order valence-corrected chi connectivity index (χ4v) is 4.95. The van der Waals surface area contributed by atoms with Gasteiger partial charge < -0.3 is 10.0 Å². The summed E-state index contributed by atoms with van der Waals surface area (Å²) in [4.78, 5) is 24.4. The van der Waals surface area contributed by atoms with Crippen molar-refractivity contribution in [3.63, 3.8) is 0 Å². The monoisotopic (exact) mass is 261 g/mol. The summed E-state index contributed by atoms with van der Waals surface area (Å²) in [6.07, 6.45) is 11.1. The van der Waals surface area contributed by atoms with Gasteiger partial charge in [-0.2, -0.15) is 0 Å². The first kappa shape index (κ1) is 12.5. The Kier molecular flexibility index (Phi) is 3.00. The molecule has 0 aliphatic heterocycles. The first-order valence-electron chi connectivity index (χ1n) is 7.07. The van der Waals surface area contributed by atoms with Crippen LogP contribution in [-0.2, 0) is 9.59 Å². The van der Waals surface area contributed by atoms with Crippen LogP contribution >= 0.6 is 0 Å². The highest BCUT2D eigenvalue weighted by Gasteiger charge is 2.51. The Morgan fingerprint density at radius 3 is 2.05 bits per heavy atom. The highest BCUT2D eigenvalue weighted by Crippen LogP contribution is 2.55. The number of hydrogen-bond acceptors (Lipinski definition) is 2. The van der Waals surface area contributed by atoms with Crippen LogP contribution in [0.5, 0.6) is 0 Å². The van der Waals surface area contributed by atoms with Crippen LogP contribution in [0.25, 0.3) is 0 Å². The third kappa shape index (κ3) is 2.11. The van der Waals surface area contributed by atoms with Crippen molar-refractivity contribution < 1.29 is 14.7 Å². The van der Waals surface area contributed by atoms with E-state index in [0.717, 1.165) is 37.5 Å². The zero-order valence-corrected chi connectivity index (χ0v) is 10.9. The van der Waals surface area contributed by atoms with Crippen LogP contribution < -0.4 is 0 Å². The Bertz CT molecular complexity index is 423. The van der Waals surface area contributed by atoms with Gasteiger partial charge in [0.05, 0.1) is 0 Å². The lowest BCUT2D eigenvalue weighted by molar-refractivity contribution is -0.150. The minimum atomic E-state index is -0.975. The predicted molar refractivity (Wildman–Crippen MR) is 69.0 cm³/mol. The molecule has 0 spiro atoms. The highest BCUT2D eigenvalue weighted by molar-refractivity contribution is 5.95. The summed E-state index contributed by atoms with van der Waals surface area (Å²) in [7, 11) is 0. The Morgan fingerprint density at radius 2 is 1.63 bits per heavy atom.